The van der Waals surface area contributed by atoms with Gasteiger partial charge in [0.2, 0.25) is 5.89 Å². The van der Waals surface area contributed by atoms with E-state index >= 15 is 0 Å². The number of hydrogen-bond donors (Lipinski definition) is 2. The lowest BCUT2D eigenvalue weighted by molar-refractivity contribution is 0.0977. The molecule has 0 atom stereocenters. The number of benzene rings is 3. The second kappa shape index (κ2) is 9.16. The van der Waals surface area contributed by atoms with Gasteiger partial charge in [-0.25, -0.2) is 4.98 Å². The van der Waals surface area contributed by atoms with Crippen LogP contribution in [0.1, 0.15) is 52.4 Å². The van der Waals surface area contributed by atoms with E-state index in [1.807, 2.05) is 61.5 Å². The predicted molar refractivity (Wildman–Crippen MR) is 138 cm³/mol. The molecule has 1 aromatic heterocycles. The maximum absolute atomic E-state index is 12.6. The van der Waals surface area contributed by atoms with Gasteiger partial charge >= 0.3 is 0 Å². The summed E-state index contributed by atoms with van der Waals surface area (Å²) in [5, 5.41) is 6.12. The summed E-state index contributed by atoms with van der Waals surface area (Å²) in [6.07, 6.45) is 0. The lowest BCUT2D eigenvalue weighted by Crippen LogP contribution is -2.34. The minimum atomic E-state index is -0.249. The standard InChI is InChI=1S/C27H27N3O2S/c1-15(2)19-8-10-20(11-9-19)25(31)30-27(33)29-22-14-21(7-6-16(22)3)26-28-23-12-17(4)18(5)13-24(23)32-26/h6-15H,1-5H3,(H2,29,30,31,33). The van der Waals surface area contributed by atoms with Crippen LogP contribution in [0.4, 0.5) is 5.69 Å². The zero-order valence-corrected chi connectivity index (χ0v) is 20.3. The van der Waals surface area contributed by atoms with Gasteiger partial charge in [-0.05, 0) is 97.6 Å². The number of aryl methyl sites for hydroxylation is 3. The lowest BCUT2D eigenvalue weighted by atomic mass is 10.0. The molecule has 6 heteroatoms. The summed E-state index contributed by atoms with van der Waals surface area (Å²) in [6.45, 7) is 10.3. The molecule has 0 unspecified atom stereocenters. The number of rotatable bonds is 4. The Morgan fingerprint density at radius 1 is 0.939 bits per heavy atom. The number of oxazole rings is 1. The van der Waals surface area contributed by atoms with Crippen molar-refractivity contribution in [1.82, 2.24) is 10.3 Å². The molecule has 0 saturated heterocycles. The first-order valence-electron chi connectivity index (χ1n) is 10.9. The quantitative estimate of drug-likeness (QED) is 0.335. The third-order valence-corrected chi connectivity index (χ3v) is 6.01. The van der Waals surface area contributed by atoms with Crippen LogP contribution in [0.5, 0.6) is 0 Å². The fraction of sp³-hybridized carbons (Fsp3) is 0.222. The molecule has 33 heavy (non-hydrogen) atoms. The number of aromatic nitrogens is 1. The Labute approximate surface area is 199 Å². The Kier molecular flexibility index (Phi) is 6.29. The average molecular weight is 458 g/mol. The Balaban J connectivity index is 1.51. The normalized spacial score (nSPS) is 11.1. The number of fused-ring (bicyclic) bond motifs is 1. The van der Waals surface area contributed by atoms with E-state index in [2.05, 4.69) is 43.3 Å². The molecule has 0 fully saturated rings. The molecule has 0 aliphatic rings. The van der Waals surface area contributed by atoms with E-state index in [0.29, 0.717) is 17.4 Å². The number of nitrogens with zero attached hydrogens (tertiary/aromatic N) is 1. The fourth-order valence-corrected chi connectivity index (χ4v) is 3.74. The van der Waals surface area contributed by atoms with Crippen LogP contribution in [-0.4, -0.2) is 16.0 Å². The van der Waals surface area contributed by atoms with Gasteiger partial charge in [0.05, 0.1) is 0 Å². The van der Waals surface area contributed by atoms with Gasteiger partial charge in [0, 0.05) is 16.8 Å². The molecule has 5 nitrogen and oxygen atoms in total. The van der Waals surface area contributed by atoms with E-state index in [1.165, 1.54) is 11.1 Å². The van der Waals surface area contributed by atoms with Crippen LogP contribution >= 0.6 is 12.2 Å². The van der Waals surface area contributed by atoms with E-state index in [-0.39, 0.29) is 11.0 Å². The van der Waals surface area contributed by atoms with Crippen molar-refractivity contribution in [3.05, 3.63) is 82.4 Å². The summed E-state index contributed by atoms with van der Waals surface area (Å²) in [4.78, 5) is 17.2. The second-order valence-corrected chi connectivity index (χ2v) is 9.05. The fourth-order valence-electron chi connectivity index (χ4n) is 3.54. The Hall–Kier alpha value is -3.51. The van der Waals surface area contributed by atoms with Crippen LogP contribution in [0.25, 0.3) is 22.6 Å². The Morgan fingerprint density at radius 2 is 1.64 bits per heavy atom. The zero-order chi connectivity index (χ0) is 23.7. The van der Waals surface area contributed by atoms with Gasteiger partial charge in [-0.2, -0.15) is 0 Å². The van der Waals surface area contributed by atoms with Gasteiger partial charge in [0.1, 0.15) is 5.52 Å². The number of carbonyl (C=O) groups excluding carboxylic acids is 1. The van der Waals surface area contributed by atoms with E-state index in [0.717, 1.165) is 33.5 Å². The molecule has 0 spiro atoms. The van der Waals surface area contributed by atoms with E-state index in [9.17, 15) is 4.79 Å². The number of carbonyl (C=O) groups is 1. The number of amides is 1. The summed E-state index contributed by atoms with van der Waals surface area (Å²) < 4.78 is 6.00. The molecule has 1 amide bonds. The maximum Gasteiger partial charge on any atom is 0.257 e. The summed E-state index contributed by atoms with van der Waals surface area (Å²) in [7, 11) is 0. The van der Waals surface area contributed by atoms with Gasteiger partial charge in [-0.1, -0.05) is 32.0 Å². The van der Waals surface area contributed by atoms with Gasteiger partial charge in [0.25, 0.3) is 5.91 Å². The van der Waals surface area contributed by atoms with Crippen molar-refractivity contribution in [3.63, 3.8) is 0 Å². The monoisotopic (exact) mass is 457 g/mol. The van der Waals surface area contributed by atoms with Crippen LogP contribution in [0.2, 0.25) is 0 Å². The van der Waals surface area contributed by atoms with Crippen LogP contribution < -0.4 is 10.6 Å². The third kappa shape index (κ3) is 4.96. The first-order valence-corrected chi connectivity index (χ1v) is 11.3. The molecule has 4 aromatic rings. The van der Waals surface area contributed by atoms with Crippen molar-refractivity contribution in [1.29, 1.82) is 0 Å². The second-order valence-electron chi connectivity index (χ2n) is 8.64. The predicted octanol–water partition coefficient (Wildman–Crippen LogP) is 6.67. The zero-order valence-electron chi connectivity index (χ0n) is 19.4. The highest BCUT2D eigenvalue weighted by atomic mass is 32.1. The molecular weight excluding hydrogens is 430 g/mol. The molecule has 1 heterocycles. The first kappa shape index (κ1) is 22.7. The SMILES string of the molecule is Cc1cc2nc(-c3ccc(C)c(NC(=S)NC(=O)c4ccc(C(C)C)cc4)c3)oc2cc1C. The maximum atomic E-state index is 12.6. The lowest BCUT2D eigenvalue weighted by Gasteiger charge is -2.13. The van der Waals surface area contributed by atoms with Gasteiger partial charge in [-0.15, -0.1) is 0 Å². The topological polar surface area (TPSA) is 67.2 Å². The minimum Gasteiger partial charge on any atom is -0.436 e. The third-order valence-electron chi connectivity index (χ3n) is 5.80. The minimum absolute atomic E-state index is 0.233. The van der Waals surface area contributed by atoms with Gasteiger partial charge < -0.3 is 9.73 Å². The van der Waals surface area contributed by atoms with Crippen molar-refractivity contribution in [2.45, 2.75) is 40.5 Å². The number of hydrogen-bond acceptors (Lipinski definition) is 4. The number of nitrogens with one attached hydrogen (secondary N) is 2. The average Bonchev–Trinajstić information content (AvgIpc) is 3.18. The number of anilines is 1. The van der Waals surface area contributed by atoms with E-state index in [4.69, 9.17) is 16.6 Å². The van der Waals surface area contributed by atoms with Crippen LogP contribution in [0.3, 0.4) is 0 Å². The van der Waals surface area contributed by atoms with Crippen molar-refractivity contribution < 1.29 is 9.21 Å². The highest BCUT2D eigenvalue weighted by Crippen LogP contribution is 2.29. The van der Waals surface area contributed by atoms with E-state index < -0.39 is 0 Å². The van der Waals surface area contributed by atoms with E-state index in [1.54, 1.807) is 0 Å². The molecule has 4 rings (SSSR count). The van der Waals surface area contributed by atoms with Crippen LogP contribution in [0.15, 0.2) is 59.0 Å². The highest BCUT2D eigenvalue weighted by Gasteiger charge is 2.13. The molecule has 168 valence electrons. The molecule has 0 aliphatic carbocycles. The summed E-state index contributed by atoms with van der Waals surface area (Å²) in [6, 6.07) is 17.5. The molecule has 0 bridgehead atoms. The van der Waals surface area contributed by atoms with Crippen LogP contribution in [-0.2, 0) is 0 Å². The Morgan fingerprint density at radius 3 is 2.33 bits per heavy atom. The van der Waals surface area contributed by atoms with Gasteiger partial charge in [0.15, 0.2) is 10.7 Å². The van der Waals surface area contributed by atoms with Crippen molar-refractivity contribution >= 4 is 40.0 Å². The summed E-state index contributed by atoms with van der Waals surface area (Å²) in [5.41, 5.74) is 8.26. The molecular formula is C27H27N3O2S. The molecule has 3 aromatic carbocycles. The molecule has 2 N–H and O–H groups in total. The highest BCUT2D eigenvalue weighted by molar-refractivity contribution is 7.80. The molecule has 0 aliphatic heterocycles. The van der Waals surface area contributed by atoms with Crippen molar-refractivity contribution in [3.8, 4) is 11.5 Å². The van der Waals surface area contributed by atoms with Crippen molar-refractivity contribution in [2.24, 2.45) is 0 Å². The van der Waals surface area contributed by atoms with Gasteiger partial charge in [-0.3, -0.25) is 10.1 Å². The van der Waals surface area contributed by atoms with Crippen LogP contribution in [0, 0.1) is 20.8 Å². The number of thiocarbonyl (C=S) groups is 1. The summed E-state index contributed by atoms with van der Waals surface area (Å²) >= 11 is 5.40. The Bertz CT molecular complexity index is 1320. The first-order chi connectivity index (χ1) is 15.7. The molecule has 0 saturated carbocycles. The largest absolute Gasteiger partial charge is 0.436 e. The summed E-state index contributed by atoms with van der Waals surface area (Å²) in [5.74, 6) is 0.703. The molecule has 0 radical (unpaired) electrons. The smallest absolute Gasteiger partial charge is 0.257 e. The van der Waals surface area contributed by atoms with Crippen molar-refractivity contribution in [2.75, 3.05) is 5.32 Å².